The molecule has 0 saturated heterocycles. The number of rotatable bonds is 3. The smallest absolute Gasteiger partial charge is 0.241 e. The molecule has 0 aliphatic heterocycles. The van der Waals surface area contributed by atoms with Gasteiger partial charge in [0.1, 0.15) is 0 Å². The molecule has 1 aromatic rings. The van der Waals surface area contributed by atoms with E-state index in [-0.39, 0.29) is 5.91 Å². The number of nitrogens with one attached hydrogen (secondary N) is 1. The first-order valence-electron chi connectivity index (χ1n) is 4.74. The Kier molecular flexibility index (Phi) is 3.83. The monoisotopic (exact) mass is 203 g/mol. The lowest BCUT2D eigenvalue weighted by Gasteiger charge is -2.09. The summed E-state index contributed by atoms with van der Waals surface area (Å²) in [5.74, 6) is -0.206. The number of anilines is 1. The normalized spacial score (nSPS) is 11.5. The summed E-state index contributed by atoms with van der Waals surface area (Å²) in [6.45, 7) is 1.85. The number of nitrogens with two attached hydrogens (primary N) is 1. The fourth-order valence-corrected chi connectivity index (χ4v) is 1.05. The fourth-order valence-electron chi connectivity index (χ4n) is 1.05. The van der Waals surface area contributed by atoms with Crippen molar-refractivity contribution in [3.8, 4) is 6.07 Å². The number of carbonyl (C=O) groups excluding carboxylic acids is 1. The first kappa shape index (κ1) is 11.2. The third kappa shape index (κ3) is 3.08. The van der Waals surface area contributed by atoms with Crippen LogP contribution in [0.3, 0.4) is 0 Å². The molecule has 0 aliphatic rings. The van der Waals surface area contributed by atoms with Gasteiger partial charge in [0.25, 0.3) is 0 Å². The van der Waals surface area contributed by atoms with E-state index in [4.69, 9.17) is 11.0 Å². The average Bonchev–Trinajstić information content (AvgIpc) is 2.29. The van der Waals surface area contributed by atoms with Gasteiger partial charge < -0.3 is 11.1 Å². The topological polar surface area (TPSA) is 78.9 Å². The Morgan fingerprint density at radius 3 is 2.60 bits per heavy atom. The third-order valence-corrected chi connectivity index (χ3v) is 2.06. The molecule has 3 N–H and O–H groups in total. The predicted molar refractivity (Wildman–Crippen MR) is 58.1 cm³/mol. The first-order chi connectivity index (χ1) is 7.17. The molecule has 1 rings (SSSR count). The maximum atomic E-state index is 11.4. The van der Waals surface area contributed by atoms with Crippen LogP contribution in [0.4, 0.5) is 5.69 Å². The Bertz CT molecular complexity index is 378. The van der Waals surface area contributed by atoms with E-state index in [1.165, 1.54) is 0 Å². The molecule has 4 heteroatoms. The van der Waals surface area contributed by atoms with E-state index in [0.29, 0.717) is 17.7 Å². The molecule has 0 spiro atoms. The van der Waals surface area contributed by atoms with Crippen LogP contribution in [0.25, 0.3) is 0 Å². The van der Waals surface area contributed by atoms with Gasteiger partial charge in [0.2, 0.25) is 5.91 Å². The minimum atomic E-state index is -0.486. The Labute approximate surface area is 88.7 Å². The highest BCUT2D eigenvalue weighted by atomic mass is 16.2. The van der Waals surface area contributed by atoms with E-state index < -0.39 is 6.04 Å². The summed E-state index contributed by atoms with van der Waals surface area (Å²) in [7, 11) is 0. The molecule has 0 bridgehead atoms. The first-order valence-corrected chi connectivity index (χ1v) is 4.74. The third-order valence-electron chi connectivity index (χ3n) is 2.06. The molecule has 1 aromatic carbocycles. The van der Waals surface area contributed by atoms with Gasteiger partial charge in [-0.05, 0) is 30.7 Å². The molecule has 0 fully saturated rings. The van der Waals surface area contributed by atoms with Crippen LogP contribution < -0.4 is 11.1 Å². The Balaban J connectivity index is 2.66. The SMILES string of the molecule is CC[C@@H](N)C(=O)Nc1ccc(C#N)cc1. The molecule has 1 amide bonds. The minimum absolute atomic E-state index is 0.206. The van der Waals surface area contributed by atoms with Crippen molar-refractivity contribution < 1.29 is 4.79 Å². The van der Waals surface area contributed by atoms with Crippen LogP contribution in [0, 0.1) is 11.3 Å². The second-order valence-corrected chi connectivity index (χ2v) is 3.19. The molecule has 0 radical (unpaired) electrons. The minimum Gasteiger partial charge on any atom is -0.325 e. The largest absolute Gasteiger partial charge is 0.325 e. The van der Waals surface area contributed by atoms with E-state index in [1.807, 2.05) is 13.0 Å². The van der Waals surface area contributed by atoms with Gasteiger partial charge in [0.05, 0.1) is 17.7 Å². The molecule has 0 unspecified atom stereocenters. The highest BCUT2D eigenvalue weighted by molar-refractivity contribution is 5.94. The van der Waals surface area contributed by atoms with Crippen LogP contribution in [0.15, 0.2) is 24.3 Å². The average molecular weight is 203 g/mol. The molecule has 0 aromatic heterocycles. The van der Waals surface area contributed by atoms with Gasteiger partial charge in [-0.2, -0.15) is 5.26 Å². The van der Waals surface area contributed by atoms with Crippen LogP contribution >= 0.6 is 0 Å². The number of hydrogen-bond acceptors (Lipinski definition) is 3. The number of benzene rings is 1. The van der Waals surface area contributed by atoms with E-state index in [2.05, 4.69) is 5.32 Å². The van der Waals surface area contributed by atoms with E-state index in [9.17, 15) is 4.79 Å². The molecule has 78 valence electrons. The van der Waals surface area contributed by atoms with Gasteiger partial charge in [0, 0.05) is 5.69 Å². The zero-order valence-electron chi connectivity index (χ0n) is 8.53. The van der Waals surface area contributed by atoms with Crippen molar-refractivity contribution in [1.82, 2.24) is 0 Å². The molecular formula is C11H13N3O. The highest BCUT2D eigenvalue weighted by Gasteiger charge is 2.10. The van der Waals surface area contributed by atoms with E-state index in [1.54, 1.807) is 24.3 Å². The molecule has 1 atom stereocenters. The highest BCUT2D eigenvalue weighted by Crippen LogP contribution is 2.09. The second kappa shape index (κ2) is 5.13. The quantitative estimate of drug-likeness (QED) is 0.775. The van der Waals surface area contributed by atoms with Crippen molar-refractivity contribution in [3.05, 3.63) is 29.8 Å². The number of carbonyl (C=O) groups is 1. The summed E-state index contributed by atoms with van der Waals surface area (Å²) >= 11 is 0. The predicted octanol–water partition coefficient (Wildman–Crippen LogP) is 1.23. The Morgan fingerprint density at radius 2 is 2.13 bits per heavy atom. The lowest BCUT2D eigenvalue weighted by molar-refractivity contribution is -0.117. The van der Waals surface area contributed by atoms with Gasteiger partial charge in [-0.1, -0.05) is 6.92 Å². The summed E-state index contributed by atoms with van der Waals surface area (Å²) in [6, 6.07) is 8.17. The van der Waals surface area contributed by atoms with Crippen molar-refractivity contribution in [2.24, 2.45) is 5.73 Å². The summed E-state index contributed by atoms with van der Waals surface area (Å²) in [5.41, 5.74) is 6.77. The van der Waals surface area contributed by atoms with Gasteiger partial charge >= 0.3 is 0 Å². The molecule has 0 aliphatic carbocycles. The molecule has 4 nitrogen and oxygen atoms in total. The Hall–Kier alpha value is -1.86. The summed E-state index contributed by atoms with van der Waals surface area (Å²) in [5, 5.41) is 11.2. The number of hydrogen-bond donors (Lipinski definition) is 2. The van der Waals surface area contributed by atoms with Crippen molar-refractivity contribution >= 4 is 11.6 Å². The molecule has 0 saturated carbocycles. The zero-order chi connectivity index (χ0) is 11.3. The standard InChI is InChI=1S/C11H13N3O/c1-2-10(13)11(15)14-9-5-3-8(7-12)4-6-9/h3-6,10H,2,13H2,1H3,(H,14,15)/t10-/m1/s1. The molecule has 0 heterocycles. The molecule has 15 heavy (non-hydrogen) atoms. The lowest BCUT2D eigenvalue weighted by atomic mass is 10.2. The summed E-state index contributed by atoms with van der Waals surface area (Å²) in [6.07, 6.45) is 0.599. The zero-order valence-corrected chi connectivity index (χ0v) is 8.53. The van der Waals surface area contributed by atoms with E-state index >= 15 is 0 Å². The van der Waals surface area contributed by atoms with Gasteiger partial charge in [0.15, 0.2) is 0 Å². The molecular weight excluding hydrogens is 190 g/mol. The van der Waals surface area contributed by atoms with E-state index in [0.717, 1.165) is 0 Å². The maximum Gasteiger partial charge on any atom is 0.241 e. The van der Waals surface area contributed by atoms with Gasteiger partial charge in [-0.15, -0.1) is 0 Å². The van der Waals surface area contributed by atoms with Crippen molar-refractivity contribution in [1.29, 1.82) is 5.26 Å². The van der Waals surface area contributed by atoms with Gasteiger partial charge in [-0.25, -0.2) is 0 Å². The Morgan fingerprint density at radius 1 is 1.53 bits per heavy atom. The lowest BCUT2D eigenvalue weighted by Crippen LogP contribution is -2.34. The summed E-state index contributed by atoms with van der Waals surface area (Å²) < 4.78 is 0. The fraction of sp³-hybridized carbons (Fsp3) is 0.273. The number of amides is 1. The van der Waals surface area contributed by atoms with Crippen LogP contribution in [0.5, 0.6) is 0 Å². The maximum absolute atomic E-state index is 11.4. The number of nitrogens with zero attached hydrogens (tertiary/aromatic N) is 1. The van der Waals surface area contributed by atoms with Gasteiger partial charge in [-0.3, -0.25) is 4.79 Å². The van der Waals surface area contributed by atoms with Crippen molar-refractivity contribution in [3.63, 3.8) is 0 Å². The number of nitriles is 1. The van der Waals surface area contributed by atoms with Crippen molar-refractivity contribution in [2.75, 3.05) is 5.32 Å². The van der Waals surface area contributed by atoms with Crippen LogP contribution in [0.2, 0.25) is 0 Å². The summed E-state index contributed by atoms with van der Waals surface area (Å²) in [4.78, 5) is 11.4. The van der Waals surface area contributed by atoms with Crippen molar-refractivity contribution in [2.45, 2.75) is 19.4 Å². The van der Waals surface area contributed by atoms with Crippen LogP contribution in [-0.4, -0.2) is 11.9 Å². The second-order valence-electron chi connectivity index (χ2n) is 3.19. The van der Waals surface area contributed by atoms with Crippen LogP contribution in [-0.2, 0) is 4.79 Å². The van der Waals surface area contributed by atoms with Crippen LogP contribution in [0.1, 0.15) is 18.9 Å².